The fraction of sp³-hybridized carbons (Fsp3) is 0. The smallest absolute Gasteiger partial charge is 0.248 e. The minimum atomic E-state index is -0.393. The second-order valence-corrected chi connectivity index (χ2v) is 7.13. The number of carbonyl (C=O) groups is 2. The van der Waals surface area contributed by atoms with Gasteiger partial charge in [0.2, 0.25) is 5.91 Å². The van der Waals surface area contributed by atoms with E-state index in [2.05, 4.69) is 5.32 Å². The largest absolute Gasteiger partial charge is 0.322 e. The molecule has 0 saturated carbocycles. The quantitative estimate of drug-likeness (QED) is 0.369. The standard InChI is InChI=1S/C22H14Cl3NO2/c23-16-8-10-20(17(13-16)22(28)15-4-2-1-3-5-15)26-21(27)11-7-14-6-9-18(24)19(25)12-14/h1-13H,(H,26,27)/b11-7+. The number of rotatable bonds is 5. The Bertz CT molecular complexity index is 1060. The number of carbonyl (C=O) groups excluding carboxylic acids is 2. The van der Waals surface area contributed by atoms with Gasteiger partial charge in [-0.3, -0.25) is 9.59 Å². The van der Waals surface area contributed by atoms with E-state index in [0.29, 0.717) is 31.9 Å². The summed E-state index contributed by atoms with van der Waals surface area (Å²) < 4.78 is 0. The summed E-state index contributed by atoms with van der Waals surface area (Å²) in [5, 5.41) is 3.97. The Hall–Kier alpha value is -2.59. The zero-order valence-electron chi connectivity index (χ0n) is 14.5. The third-order valence-corrected chi connectivity index (χ3v) is 4.87. The van der Waals surface area contributed by atoms with Crippen LogP contribution < -0.4 is 5.32 Å². The van der Waals surface area contributed by atoms with E-state index in [1.165, 1.54) is 12.1 Å². The summed E-state index contributed by atoms with van der Waals surface area (Å²) in [6.07, 6.45) is 2.96. The van der Waals surface area contributed by atoms with E-state index in [4.69, 9.17) is 34.8 Å². The summed E-state index contributed by atoms with van der Waals surface area (Å²) in [4.78, 5) is 25.1. The van der Waals surface area contributed by atoms with Gasteiger partial charge >= 0.3 is 0 Å². The molecule has 0 saturated heterocycles. The van der Waals surface area contributed by atoms with E-state index in [9.17, 15) is 9.59 Å². The number of nitrogens with one attached hydrogen (secondary N) is 1. The van der Waals surface area contributed by atoms with Crippen LogP contribution in [0.5, 0.6) is 0 Å². The third-order valence-electron chi connectivity index (χ3n) is 3.89. The average molecular weight is 431 g/mol. The molecule has 0 bridgehead atoms. The van der Waals surface area contributed by atoms with E-state index in [1.54, 1.807) is 60.7 Å². The molecular weight excluding hydrogens is 417 g/mol. The number of ketones is 1. The molecule has 0 heterocycles. The van der Waals surface area contributed by atoms with Crippen molar-refractivity contribution in [2.75, 3.05) is 5.32 Å². The summed E-state index contributed by atoms with van der Waals surface area (Å²) in [5.74, 6) is -0.623. The minimum Gasteiger partial charge on any atom is -0.322 e. The first kappa shape index (κ1) is 20.2. The van der Waals surface area contributed by atoms with Gasteiger partial charge in [0.1, 0.15) is 0 Å². The van der Waals surface area contributed by atoms with E-state index in [0.717, 1.165) is 5.56 Å². The molecule has 6 heteroatoms. The number of hydrogen-bond donors (Lipinski definition) is 1. The number of halogens is 3. The molecule has 3 nitrogen and oxygen atoms in total. The zero-order valence-corrected chi connectivity index (χ0v) is 16.7. The topological polar surface area (TPSA) is 46.2 Å². The maximum atomic E-state index is 12.8. The molecule has 0 radical (unpaired) electrons. The van der Waals surface area contributed by atoms with E-state index in [-0.39, 0.29) is 5.78 Å². The molecule has 1 amide bonds. The number of benzene rings is 3. The van der Waals surface area contributed by atoms with E-state index < -0.39 is 5.91 Å². The molecule has 0 unspecified atom stereocenters. The zero-order chi connectivity index (χ0) is 20.1. The second-order valence-electron chi connectivity index (χ2n) is 5.88. The van der Waals surface area contributed by atoms with Crippen LogP contribution in [0.2, 0.25) is 15.1 Å². The van der Waals surface area contributed by atoms with Crippen LogP contribution in [0.4, 0.5) is 5.69 Å². The molecule has 3 aromatic carbocycles. The van der Waals surface area contributed by atoms with Crippen molar-refractivity contribution in [2.24, 2.45) is 0 Å². The average Bonchev–Trinajstić information content (AvgIpc) is 2.70. The Morgan fingerprint density at radius 3 is 2.29 bits per heavy atom. The lowest BCUT2D eigenvalue weighted by Crippen LogP contribution is -2.12. The first-order valence-electron chi connectivity index (χ1n) is 8.27. The van der Waals surface area contributed by atoms with Crippen molar-refractivity contribution in [3.8, 4) is 0 Å². The first-order chi connectivity index (χ1) is 13.4. The van der Waals surface area contributed by atoms with Gasteiger partial charge in [-0.25, -0.2) is 0 Å². The van der Waals surface area contributed by atoms with Gasteiger partial charge in [0.25, 0.3) is 0 Å². The Kier molecular flexibility index (Phi) is 6.53. The molecule has 28 heavy (non-hydrogen) atoms. The van der Waals surface area contributed by atoms with E-state index in [1.807, 2.05) is 6.07 Å². The molecule has 0 atom stereocenters. The predicted molar refractivity (Wildman–Crippen MR) is 115 cm³/mol. The van der Waals surface area contributed by atoms with Crippen LogP contribution in [-0.4, -0.2) is 11.7 Å². The lowest BCUT2D eigenvalue weighted by Gasteiger charge is -2.10. The lowest BCUT2D eigenvalue weighted by atomic mass is 10.0. The fourth-order valence-electron chi connectivity index (χ4n) is 2.52. The highest BCUT2D eigenvalue weighted by molar-refractivity contribution is 6.42. The SMILES string of the molecule is O=C(/C=C/c1ccc(Cl)c(Cl)c1)Nc1ccc(Cl)cc1C(=O)c1ccccc1. The highest BCUT2D eigenvalue weighted by Crippen LogP contribution is 2.25. The Balaban J connectivity index is 1.82. The summed E-state index contributed by atoms with van der Waals surface area (Å²) >= 11 is 17.9. The Morgan fingerprint density at radius 2 is 1.57 bits per heavy atom. The second kappa shape index (κ2) is 9.07. The Labute approximate surface area is 177 Å². The van der Waals surface area contributed by atoms with Crippen molar-refractivity contribution in [1.82, 2.24) is 0 Å². The summed E-state index contributed by atoms with van der Waals surface area (Å²) in [7, 11) is 0. The maximum Gasteiger partial charge on any atom is 0.248 e. The molecule has 0 aliphatic carbocycles. The highest BCUT2D eigenvalue weighted by atomic mass is 35.5. The molecular formula is C22H14Cl3NO2. The molecule has 0 fully saturated rings. The van der Waals surface area contributed by atoms with Crippen LogP contribution in [0, 0.1) is 0 Å². The molecule has 1 N–H and O–H groups in total. The van der Waals surface area contributed by atoms with Crippen LogP contribution in [-0.2, 0) is 4.79 Å². The third kappa shape index (κ3) is 5.02. The van der Waals surface area contributed by atoms with Crippen LogP contribution in [0.15, 0.2) is 72.8 Å². The van der Waals surface area contributed by atoms with Gasteiger partial charge in [-0.1, -0.05) is 71.2 Å². The van der Waals surface area contributed by atoms with Gasteiger partial charge in [0.05, 0.1) is 15.7 Å². The van der Waals surface area contributed by atoms with Gasteiger partial charge in [-0.15, -0.1) is 0 Å². The van der Waals surface area contributed by atoms with Gasteiger partial charge in [0.15, 0.2) is 5.78 Å². The van der Waals surface area contributed by atoms with Crippen LogP contribution in [0.3, 0.4) is 0 Å². The van der Waals surface area contributed by atoms with Crippen molar-refractivity contribution in [3.05, 3.63) is 105 Å². The van der Waals surface area contributed by atoms with Gasteiger partial charge < -0.3 is 5.32 Å². The molecule has 3 rings (SSSR count). The molecule has 0 aliphatic heterocycles. The monoisotopic (exact) mass is 429 g/mol. The fourth-order valence-corrected chi connectivity index (χ4v) is 3.00. The van der Waals surface area contributed by atoms with Crippen molar-refractivity contribution in [2.45, 2.75) is 0 Å². The van der Waals surface area contributed by atoms with Crippen LogP contribution in [0.1, 0.15) is 21.5 Å². The number of hydrogen-bond acceptors (Lipinski definition) is 2. The minimum absolute atomic E-state index is 0.230. The molecule has 3 aromatic rings. The lowest BCUT2D eigenvalue weighted by molar-refractivity contribution is -0.111. The summed E-state index contributed by atoms with van der Waals surface area (Å²) in [6.45, 7) is 0. The normalized spacial score (nSPS) is 10.8. The van der Waals surface area contributed by atoms with Crippen molar-refractivity contribution >= 4 is 58.3 Å². The van der Waals surface area contributed by atoms with Crippen LogP contribution >= 0.6 is 34.8 Å². The van der Waals surface area contributed by atoms with Gasteiger partial charge in [0, 0.05) is 22.2 Å². The van der Waals surface area contributed by atoms with Crippen molar-refractivity contribution in [3.63, 3.8) is 0 Å². The Morgan fingerprint density at radius 1 is 0.821 bits per heavy atom. The van der Waals surface area contributed by atoms with Gasteiger partial charge in [-0.2, -0.15) is 0 Å². The summed E-state index contributed by atoms with van der Waals surface area (Å²) in [5.41, 5.74) is 1.92. The molecule has 140 valence electrons. The number of anilines is 1. The predicted octanol–water partition coefficient (Wildman–Crippen LogP) is 6.53. The first-order valence-corrected chi connectivity index (χ1v) is 9.41. The van der Waals surface area contributed by atoms with Crippen LogP contribution in [0.25, 0.3) is 6.08 Å². The summed E-state index contributed by atoms with van der Waals surface area (Å²) in [6, 6.07) is 18.6. The molecule has 0 spiro atoms. The van der Waals surface area contributed by atoms with Crippen molar-refractivity contribution < 1.29 is 9.59 Å². The van der Waals surface area contributed by atoms with Gasteiger partial charge in [-0.05, 0) is 42.0 Å². The van der Waals surface area contributed by atoms with Crippen molar-refractivity contribution in [1.29, 1.82) is 0 Å². The highest BCUT2D eigenvalue weighted by Gasteiger charge is 2.15. The number of amides is 1. The maximum absolute atomic E-state index is 12.8. The van der Waals surface area contributed by atoms with E-state index >= 15 is 0 Å². The molecule has 0 aliphatic rings. The molecule has 0 aromatic heterocycles.